The van der Waals surface area contributed by atoms with Gasteiger partial charge in [-0.25, -0.2) is 4.79 Å². The van der Waals surface area contributed by atoms with Gasteiger partial charge < -0.3 is 10.0 Å². The molecular weight excluding hydrogens is 247 g/mol. The van der Waals surface area contributed by atoms with E-state index in [1.165, 1.54) is 11.9 Å². The van der Waals surface area contributed by atoms with E-state index >= 15 is 0 Å². The largest absolute Gasteiger partial charge is 0.478 e. The summed E-state index contributed by atoms with van der Waals surface area (Å²) in [5.74, 6) is 0.857. The van der Waals surface area contributed by atoms with Crippen LogP contribution >= 0.6 is 0 Å². The molecule has 0 bridgehead atoms. The molecule has 6 heteroatoms. The van der Waals surface area contributed by atoms with Crippen LogP contribution in [0, 0.1) is 12.3 Å². The van der Waals surface area contributed by atoms with E-state index < -0.39 is 23.3 Å². The maximum atomic E-state index is 12.5. The zero-order valence-corrected chi connectivity index (χ0v) is 9.45. The van der Waals surface area contributed by atoms with Gasteiger partial charge in [-0.05, 0) is 18.2 Å². The molecule has 0 saturated heterocycles. The van der Waals surface area contributed by atoms with Crippen LogP contribution in [0.1, 0.15) is 15.9 Å². The molecule has 0 aliphatic heterocycles. The van der Waals surface area contributed by atoms with Crippen LogP contribution < -0.4 is 4.90 Å². The van der Waals surface area contributed by atoms with Crippen LogP contribution in [0.25, 0.3) is 0 Å². The van der Waals surface area contributed by atoms with E-state index in [0.717, 1.165) is 12.1 Å². The molecular formula is C12H10F3NO2. The van der Waals surface area contributed by atoms with E-state index in [2.05, 4.69) is 5.92 Å². The number of alkyl halides is 3. The van der Waals surface area contributed by atoms with Crippen LogP contribution in [0.4, 0.5) is 18.9 Å². The summed E-state index contributed by atoms with van der Waals surface area (Å²) in [5.41, 5.74) is -1.28. The summed E-state index contributed by atoms with van der Waals surface area (Å²) in [6.07, 6.45) is 0.497. The van der Waals surface area contributed by atoms with Crippen LogP contribution in [-0.2, 0) is 6.18 Å². The average molecular weight is 257 g/mol. The van der Waals surface area contributed by atoms with Crippen molar-refractivity contribution in [3.8, 4) is 12.3 Å². The highest BCUT2D eigenvalue weighted by Gasteiger charge is 2.32. The number of aromatic carboxylic acids is 1. The average Bonchev–Trinajstić information content (AvgIpc) is 2.27. The Balaban J connectivity index is 3.30. The molecule has 0 atom stereocenters. The number of nitrogens with zero attached hydrogens (tertiary/aromatic N) is 1. The second kappa shape index (κ2) is 5.00. The molecule has 1 rings (SSSR count). The van der Waals surface area contributed by atoms with E-state index in [9.17, 15) is 18.0 Å². The van der Waals surface area contributed by atoms with E-state index in [1.54, 1.807) is 0 Å². The Morgan fingerprint density at radius 2 is 2.11 bits per heavy atom. The number of rotatable bonds is 3. The molecule has 1 aromatic rings. The van der Waals surface area contributed by atoms with E-state index in [4.69, 9.17) is 11.5 Å². The molecule has 0 aliphatic carbocycles. The fraction of sp³-hybridized carbons (Fsp3) is 0.250. The minimum Gasteiger partial charge on any atom is -0.478 e. The van der Waals surface area contributed by atoms with Crippen LogP contribution in [0.3, 0.4) is 0 Å². The Morgan fingerprint density at radius 3 is 2.56 bits per heavy atom. The number of terminal acetylenes is 1. The monoisotopic (exact) mass is 257 g/mol. The lowest BCUT2D eigenvalue weighted by atomic mass is 10.1. The number of hydrogen-bond donors (Lipinski definition) is 1. The molecule has 1 N–H and O–H groups in total. The molecule has 96 valence electrons. The van der Waals surface area contributed by atoms with Crippen LogP contribution in [0.2, 0.25) is 0 Å². The number of benzene rings is 1. The van der Waals surface area contributed by atoms with Gasteiger partial charge in [0.25, 0.3) is 0 Å². The smallest absolute Gasteiger partial charge is 0.416 e. The van der Waals surface area contributed by atoms with Gasteiger partial charge in [-0.3, -0.25) is 0 Å². The standard InChI is InChI=1S/C12H10F3NO2/c1-3-6-16(2)10-5-4-8(12(13,14)15)7-9(10)11(17)18/h1,4-5,7H,6H2,2H3,(H,17,18). The van der Waals surface area contributed by atoms with Gasteiger partial charge in [0.1, 0.15) is 0 Å². The zero-order chi connectivity index (χ0) is 13.9. The third-order valence-corrected chi connectivity index (χ3v) is 2.29. The molecule has 1 aromatic carbocycles. The minimum absolute atomic E-state index is 0.103. The molecule has 0 saturated carbocycles. The van der Waals surface area contributed by atoms with Gasteiger partial charge in [0.05, 0.1) is 23.4 Å². The quantitative estimate of drug-likeness (QED) is 0.846. The lowest BCUT2D eigenvalue weighted by Crippen LogP contribution is -2.21. The fourth-order valence-electron chi connectivity index (χ4n) is 1.44. The summed E-state index contributed by atoms with van der Waals surface area (Å²) in [6, 6.07) is 2.53. The van der Waals surface area contributed by atoms with Crippen molar-refractivity contribution in [2.75, 3.05) is 18.5 Å². The van der Waals surface area contributed by atoms with Gasteiger partial charge in [0.15, 0.2) is 0 Å². The highest BCUT2D eigenvalue weighted by atomic mass is 19.4. The molecule has 0 unspecified atom stereocenters. The summed E-state index contributed by atoms with van der Waals surface area (Å²) in [6.45, 7) is 0.103. The Morgan fingerprint density at radius 1 is 1.50 bits per heavy atom. The fourth-order valence-corrected chi connectivity index (χ4v) is 1.44. The Hall–Kier alpha value is -2.16. The van der Waals surface area contributed by atoms with Gasteiger partial charge in [-0.15, -0.1) is 6.42 Å². The molecule has 18 heavy (non-hydrogen) atoms. The summed E-state index contributed by atoms with van der Waals surface area (Å²) in [4.78, 5) is 12.4. The Labute approximate surface area is 102 Å². The van der Waals surface area contributed by atoms with E-state index in [1.807, 2.05) is 0 Å². The lowest BCUT2D eigenvalue weighted by Gasteiger charge is -2.19. The molecule has 0 amide bonds. The summed E-state index contributed by atoms with van der Waals surface area (Å²) >= 11 is 0. The third-order valence-electron chi connectivity index (χ3n) is 2.29. The molecule has 0 spiro atoms. The van der Waals surface area contributed by atoms with Crippen molar-refractivity contribution in [3.05, 3.63) is 29.3 Å². The first-order valence-corrected chi connectivity index (χ1v) is 4.86. The first-order chi connectivity index (χ1) is 8.27. The van der Waals surface area contributed by atoms with E-state index in [0.29, 0.717) is 6.07 Å². The first-order valence-electron chi connectivity index (χ1n) is 4.86. The van der Waals surface area contributed by atoms with E-state index in [-0.39, 0.29) is 12.2 Å². The molecule has 0 heterocycles. The predicted octanol–water partition coefficient (Wildman–Crippen LogP) is 2.47. The van der Waals surface area contributed by atoms with Crippen molar-refractivity contribution in [1.29, 1.82) is 0 Å². The van der Waals surface area contributed by atoms with Crippen LogP contribution in [-0.4, -0.2) is 24.7 Å². The van der Waals surface area contributed by atoms with Crippen molar-refractivity contribution >= 4 is 11.7 Å². The third kappa shape index (κ3) is 2.94. The molecule has 3 nitrogen and oxygen atoms in total. The van der Waals surface area contributed by atoms with Crippen molar-refractivity contribution < 1.29 is 23.1 Å². The van der Waals surface area contributed by atoms with Crippen LogP contribution in [0.15, 0.2) is 18.2 Å². The maximum absolute atomic E-state index is 12.5. The van der Waals surface area contributed by atoms with Gasteiger partial charge in [-0.1, -0.05) is 5.92 Å². The zero-order valence-electron chi connectivity index (χ0n) is 9.45. The van der Waals surface area contributed by atoms with Gasteiger partial charge in [0.2, 0.25) is 0 Å². The van der Waals surface area contributed by atoms with Crippen molar-refractivity contribution in [2.24, 2.45) is 0 Å². The second-order valence-electron chi connectivity index (χ2n) is 3.60. The summed E-state index contributed by atoms with van der Waals surface area (Å²) in [5, 5.41) is 8.93. The lowest BCUT2D eigenvalue weighted by molar-refractivity contribution is -0.137. The number of carbonyl (C=O) groups is 1. The normalized spacial score (nSPS) is 10.8. The first kappa shape index (κ1) is 13.9. The van der Waals surface area contributed by atoms with Gasteiger partial charge in [-0.2, -0.15) is 13.2 Å². The topological polar surface area (TPSA) is 40.5 Å². The molecule has 0 aliphatic rings. The second-order valence-corrected chi connectivity index (χ2v) is 3.60. The van der Waals surface area contributed by atoms with Gasteiger partial charge >= 0.3 is 12.1 Å². The molecule has 0 aromatic heterocycles. The number of hydrogen-bond acceptors (Lipinski definition) is 2. The highest BCUT2D eigenvalue weighted by molar-refractivity contribution is 5.94. The molecule has 0 fully saturated rings. The van der Waals surface area contributed by atoms with Crippen molar-refractivity contribution in [2.45, 2.75) is 6.18 Å². The summed E-state index contributed by atoms with van der Waals surface area (Å²) < 4.78 is 37.4. The number of carboxylic acid groups (broad SMARTS) is 1. The van der Waals surface area contributed by atoms with Crippen LogP contribution in [0.5, 0.6) is 0 Å². The predicted molar refractivity (Wildman–Crippen MR) is 60.5 cm³/mol. The highest BCUT2D eigenvalue weighted by Crippen LogP contribution is 2.32. The van der Waals surface area contributed by atoms with Gasteiger partial charge in [0, 0.05) is 7.05 Å². The minimum atomic E-state index is -4.58. The number of carboxylic acids is 1. The number of halogens is 3. The van der Waals surface area contributed by atoms with Crippen molar-refractivity contribution in [1.82, 2.24) is 0 Å². The Kier molecular flexibility index (Phi) is 3.86. The van der Waals surface area contributed by atoms with Crippen molar-refractivity contribution in [3.63, 3.8) is 0 Å². The molecule has 0 radical (unpaired) electrons. The Bertz CT molecular complexity index is 503. The maximum Gasteiger partial charge on any atom is 0.416 e. The SMILES string of the molecule is C#CCN(C)c1ccc(C(F)(F)F)cc1C(=O)O. The number of anilines is 1. The summed E-state index contributed by atoms with van der Waals surface area (Å²) in [7, 11) is 1.51.